The van der Waals surface area contributed by atoms with Crippen LogP contribution in [-0.2, 0) is 10.9 Å². The van der Waals surface area contributed by atoms with Gasteiger partial charge in [0.2, 0.25) is 0 Å². The van der Waals surface area contributed by atoms with Crippen LogP contribution in [0.3, 0.4) is 0 Å². The molecule has 0 amide bonds. The first-order chi connectivity index (χ1) is 12.4. The minimum atomic E-state index is -4.45. The molecule has 1 fully saturated rings. The number of halogens is 3. The Bertz CT molecular complexity index is 955. The Morgan fingerprint density at radius 2 is 2.08 bits per heavy atom. The lowest BCUT2D eigenvalue weighted by Crippen LogP contribution is -2.53. The van der Waals surface area contributed by atoms with Crippen molar-refractivity contribution in [1.82, 2.24) is 15.0 Å². The molecule has 4 rings (SSSR count). The molecule has 10 heteroatoms. The lowest BCUT2D eigenvalue weighted by atomic mass is 10.2. The summed E-state index contributed by atoms with van der Waals surface area (Å²) in [5, 5.41) is 0.475. The summed E-state index contributed by atoms with van der Waals surface area (Å²) in [5.74, 6) is -0.577. The van der Waals surface area contributed by atoms with Crippen LogP contribution in [0.2, 0.25) is 0 Å². The van der Waals surface area contributed by atoms with Gasteiger partial charge in [0.15, 0.2) is 10.8 Å². The van der Waals surface area contributed by atoms with E-state index in [-0.39, 0.29) is 17.3 Å². The molecular formula is C16H11F3N4O2S. The third-order valence-corrected chi connectivity index (χ3v) is 4.96. The fourth-order valence-corrected chi connectivity index (χ4v) is 3.60. The highest BCUT2D eigenvalue weighted by molar-refractivity contribution is 7.22. The molecule has 0 saturated carbocycles. The van der Waals surface area contributed by atoms with E-state index in [4.69, 9.17) is 4.74 Å². The quantitative estimate of drug-likeness (QED) is 0.651. The fraction of sp³-hybridized carbons (Fsp3) is 0.250. The molecule has 1 aliphatic rings. The molecule has 0 aliphatic carbocycles. The number of benzene rings is 1. The normalized spacial score (nSPS) is 15.1. The summed E-state index contributed by atoms with van der Waals surface area (Å²) in [6.07, 6.45) is -0.661. The number of aromatic nitrogens is 3. The number of para-hydroxylation sites is 1. The zero-order valence-electron chi connectivity index (χ0n) is 13.1. The second kappa shape index (κ2) is 6.20. The predicted octanol–water partition coefficient (Wildman–Crippen LogP) is 3.15. The van der Waals surface area contributed by atoms with E-state index in [1.54, 1.807) is 11.0 Å². The minimum Gasteiger partial charge on any atom is -0.454 e. The Hall–Kier alpha value is -2.75. The van der Waals surface area contributed by atoms with E-state index in [1.807, 2.05) is 0 Å². The van der Waals surface area contributed by atoms with Gasteiger partial charge >= 0.3 is 12.1 Å². The Kier molecular flexibility index (Phi) is 3.98. The van der Waals surface area contributed by atoms with Gasteiger partial charge in [0.05, 0.1) is 35.1 Å². The Labute approximate surface area is 149 Å². The van der Waals surface area contributed by atoms with Crippen molar-refractivity contribution in [2.75, 3.05) is 18.0 Å². The number of carbonyl (C=O) groups is 1. The fourth-order valence-electron chi connectivity index (χ4n) is 2.59. The molecule has 0 unspecified atom stereocenters. The monoisotopic (exact) mass is 380 g/mol. The smallest absolute Gasteiger partial charge is 0.418 e. The van der Waals surface area contributed by atoms with Crippen molar-refractivity contribution in [3.05, 3.63) is 48.0 Å². The van der Waals surface area contributed by atoms with Crippen molar-refractivity contribution in [3.8, 4) is 0 Å². The van der Waals surface area contributed by atoms with Gasteiger partial charge in [0, 0.05) is 12.4 Å². The Morgan fingerprint density at radius 1 is 1.27 bits per heavy atom. The van der Waals surface area contributed by atoms with Gasteiger partial charge in [-0.2, -0.15) is 13.2 Å². The molecule has 2 aromatic heterocycles. The highest BCUT2D eigenvalue weighted by Crippen LogP contribution is 2.39. The molecule has 1 saturated heterocycles. The molecular weight excluding hydrogens is 369 g/mol. The third kappa shape index (κ3) is 3.07. The molecule has 26 heavy (non-hydrogen) atoms. The number of alkyl halides is 3. The van der Waals surface area contributed by atoms with Crippen LogP contribution in [0.1, 0.15) is 16.1 Å². The molecule has 3 aromatic rings. The second-order valence-electron chi connectivity index (χ2n) is 5.67. The number of esters is 1. The molecule has 6 nitrogen and oxygen atoms in total. The van der Waals surface area contributed by atoms with Crippen LogP contribution in [0.5, 0.6) is 0 Å². The zero-order valence-corrected chi connectivity index (χ0v) is 13.9. The van der Waals surface area contributed by atoms with Gasteiger partial charge in [-0.1, -0.05) is 17.4 Å². The van der Waals surface area contributed by atoms with Crippen LogP contribution in [0, 0.1) is 0 Å². The zero-order chi connectivity index (χ0) is 18.3. The van der Waals surface area contributed by atoms with E-state index in [0.29, 0.717) is 22.9 Å². The van der Waals surface area contributed by atoms with E-state index in [0.717, 1.165) is 6.07 Å². The predicted molar refractivity (Wildman–Crippen MR) is 88.1 cm³/mol. The number of rotatable bonds is 3. The maximum absolute atomic E-state index is 13.1. The van der Waals surface area contributed by atoms with Gasteiger partial charge in [-0.25, -0.2) is 14.8 Å². The summed E-state index contributed by atoms with van der Waals surface area (Å²) in [5.41, 5.74) is -0.690. The van der Waals surface area contributed by atoms with Crippen LogP contribution in [0.25, 0.3) is 10.2 Å². The van der Waals surface area contributed by atoms with Crippen molar-refractivity contribution in [2.45, 2.75) is 12.3 Å². The molecule has 0 spiro atoms. The number of carbonyl (C=O) groups excluding carboxylic acids is 1. The van der Waals surface area contributed by atoms with Crippen molar-refractivity contribution in [1.29, 1.82) is 0 Å². The van der Waals surface area contributed by atoms with Crippen LogP contribution in [-0.4, -0.2) is 40.1 Å². The minimum absolute atomic E-state index is 0.0556. The summed E-state index contributed by atoms with van der Waals surface area (Å²) in [6, 6.07) is 4.00. The molecule has 134 valence electrons. The van der Waals surface area contributed by atoms with E-state index < -0.39 is 17.7 Å². The van der Waals surface area contributed by atoms with Gasteiger partial charge in [-0.05, 0) is 12.1 Å². The first-order valence-corrected chi connectivity index (χ1v) is 8.42. The maximum Gasteiger partial charge on any atom is 0.418 e. The van der Waals surface area contributed by atoms with Crippen LogP contribution >= 0.6 is 11.3 Å². The van der Waals surface area contributed by atoms with Crippen molar-refractivity contribution < 1.29 is 22.7 Å². The van der Waals surface area contributed by atoms with Crippen LogP contribution < -0.4 is 4.90 Å². The summed E-state index contributed by atoms with van der Waals surface area (Å²) < 4.78 is 45.0. The summed E-state index contributed by atoms with van der Waals surface area (Å²) in [6.45, 7) is 0.736. The molecule has 0 N–H and O–H groups in total. The van der Waals surface area contributed by atoms with E-state index in [9.17, 15) is 18.0 Å². The van der Waals surface area contributed by atoms with E-state index >= 15 is 0 Å². The highest BCUT2D eigenvalue weighted by atomic mass is 32.1. The average Bonchev–Trinajstić information content (AvgIpc) is 3.00. The standard InChI is InChI=1S/C16H11F3N4O2S/c17-16(18,19)10-2-1-3-12-13(10)22-15(26-12)23-7-9(8-23)25-14(24)11-6-20-4-5-21-11/h1-6,9H,7-8H2. The SMILES string of the molecule is O=C(OC1CN(c2nc3c(C(F)(F)F)cccc3s2)C1)c1cnccn1. The molecule has 1 aliphatic heterocycles. The largest absolute Gasteiger partial charge is 0.454 e. The number of fused-ring (bicyclic) bond motifs is 1. The number of hydrogen-bond acceptors (Lipinski definition) is 7. The van der Waals surface area contributed by atoms with Gasteiger partial charge in [0.25, 0.3) is 0 Å². The maximum atomic E-state index is 13.1. The van der Waals surface area contributed by atoms with Crippen LogP contribution in [0.15, 0.2) is 36.8 Å². The first kappa shape index (κ1) is 16.7. The lowest BCUT2D eigenvalue weighted by molar-refractivity contribution is -0.136. The van der Waals surface area contributed by atoms with Crippen LogP contribution in [0.4, 0.5) is 18.3 Å². The molecule has 0 atom stereocenters. The Morgan fingerprint density at radius 3 is 2.77 bits per heavy atom. The van der Waals surface area contributed by atoms with Gasteiger partial charge in [-0.15, -0.1) is 0 Å². The van der Waals surface area contributed by atoms with Crippen molar-refractivity contribution in [3.63, 3.8) is 0 Å². The van der Waals surface area contributed by atoms with Gasteiger partial charge < -0.3 is 9.64 Å². The summed E-state index contributed by atoms with van der Waals surface area (Å²) in [7, 11) is 0. The van der Waals surface area contributed by atoms with E-state index in [1.165, 1.54) is 36.0 Å². The number of ether oxygens (including phenoxy) is 1. The van der Waals surface area contributed by atoms with E-state index in [2.05, 4.69) is 15.0 Å². The second-order valence-corrected chi connectivity index (χ2v) is 6.68. The van der Waals surface area contributed by atoms with Gasteiger partial charge in [0.1, 0.15) is 6.10 Å². The topological polar surface area (TPSA) is 68.2 Å². The summed E-state index contributed by atoms with van der Waals surface area (Å²) >= 11 is 1.18. The third-order valence-electron chi connectivity index (χ3n) is 3.88. The van der Waals surface area contributed by atoms with Crippen molar-refractivity contribution in [2.24, 2.45) is 0 Å². The Balaban J connectivity index is 1.45. The summed E-state index contributed by atoms with van der Waals surface area (Å²) in [4.78, 5) is 25.5. The molecule has 1 aromatic carbocycles. The molecule has 0 bridgehead atoms. The molecule has 0 radical (unpaired) electrons. The number of nitrogens with zero attached hydrogens (tertiary/aromatic N) is 4. The molecule has 3 heterocycles. The lowest BCUT2D eigenvalue weighted by Gasteiger charge is -2.37. The highest BCUT2D eigenvalue weighted by Gasteiger charge is 2.36. The first-order valence-electron chi connectivity index (χ1n) is 7.60. The number of anilines is 1. The average molecular weight is 380 g/mol. The number of hydrogen-bond donors (Lipinski definition) is 0. The van der Waals surface area contributed by atoms with Gasteiger partial charge in [-0.3, -0.25) is 4.98 Å². The van der Waals surface area contributed by atoms with Crippen molar-refractivity contribution >= 4 is 32.7 Å². The number of thiazole rings is 1.